The molecule has 0 aromatic heterocycles. The van der Waals surface area contributed by atoms with Crippen LogP contribution in [0.4, 0.5) is 0 Å². The van der Waals surface area contributed by atoms with E-state index < -0.39 is 0 Å². The van der Waals surface area contributed by atoms with Gasteiger partial charge < -0.3 is 9.94 Å². The lowest BCUT2D eigenvalue weighted by Crippen LogP contribution is -2.24. The number of benzene rings is 1. The van der Waals surface area contributed by atoms with Gasteiger partial charge in [0.05, 0.1) is 11.3 Å². The Kier molecular flexibility index (Phi) is 7.68. The number of carbonyl (C=O) groups is 2. The molecular formula is C21H23NO4S. The first-order valence-corrected chi connectivity index (χ1v) is 10.0. The minimum absolute atomic E-state index is 0.00121. The third-order valence-electron chi connectivity index (χ3n) is 4.34. The molecule has 0 heterocycles. The maximum atomic E-state index is 12.7. The monoisotopic (exact) mass is 385 g/mol. The molecule has 0 saturated carbocycles. The number of hydrogen-bond donors (Lipinski definition) is 1. The molecular weight excluding hydrogens is 362 g/mol. The first kappa shape index (κ1) is 20.8. The Morgan fingerprint density at radius 1 is 1.37 bits per heavy atom. The molecule has 5 nitrogen and oxygen atoms in total. The molecule has 1 N–H and O–H groups in total. The van der Waals surface area contributed by atoms with Gasteiger partial charge >= 0.3 is 0 Å². The van der Waals surface area contributed by atoms with Crippen molar-refractivity contribution in [1.29, 1.82) is 0 Å². The van der Waals surface area contributed by atoms with Gasteiger partial charge in [0.15, 0.2) is 12.4 Å². The van der Waals surface area contributed by atoms with Crippen molar-refractivity contribution >= 4 is 28.4 Å². The van der Waals surface area contributed by atoms with E-state index in [-0.39, 0.29) is 41.2 Å². The average Bonchev–Trinajstić information content (AvgIpc) is 2.67. The number of nitrogens with zero attached hydrogens (tertiary/aromatic N) is 1. The van der Waals surface area contributed by atoms with E-state index in [2.05, 4.69) is 11.1 Å². The van der Waals surface area contributed by atoms with Gasteiger partial charge in [0.2, 0.25) is 5.12 Å². The molecule has 1 aromatic rings. The molecule has 1 aliphatic rings. The van der Waals surface area contributed by atoms with Crippen molar-refractivity contribution in [3.8, 4) is 12.3 Å². The summed E-state index contributed by atoms with van der Waals surface area (Å²) in [5, 5.41) is 14.5. The number of allylic oxidation sites excluding steroid dienone is 2. The molecule has 6 heteroatoms. The predicted octanol–water partition coefficient (Wildman–Crippen LogP) is 4.25. The second kappa shape index (κ2) is 9.98. The molecule has 0 radical (unpaired) electrons. The highest BCUT2D eigenvalue weighted by Crippen LogP contribution is 2.35. The fourth-order valence-corrected chi connectivity index (χ4v) is 3.44. The van der Waals surface area contributed by atoms with E-state index >= 15 is 0 Å². The van der Waals surface area contributed by atoms with Gasteiger partial charge in [0.25, 0.3) is 0 Å². The van der Waals surface area contributed by atoms with E-state index in [1.807, 2.05) is 19.1 Å². The molecule has 1 unspecified atom stereocenters. The van der Waals surface area contributed by atoms with Crippen LogP contribution in [0.3, 0.4) is 0 Å². The largest absolute Gasteiger partial charge is 0.511 e. The molecule has 1 aliphatic carbocycles. The average molecular weight is 385 g/mol. The van der Waals surface area contributed by atoms with Crippen molar-refractivity contribution in [2.45, 2.75) is 38.5 Å². The number of Topliss-reactive ketones (excluding diaryl/α,β-unsaturated/α-hetero) is 1. The van der Waals surface area contributed by atoms with E-state index in [1.165, 1.54) is 0 Å². The number of hydrogen-bond acceptors (Lipinski definition) is 6. The van der Waals surface area contributed by atoms with Crippen molar-refractivity contribution in [2.24, 2.45) is 5.16 Å². The summed E-state index contributed by atoms with van der Waals surface area (Å²) in [7, 11) is 0. The van der Waals surface area contributed by atoms with E-state index in [0.717, 1.165) is 23.7 Å². The number of thioether (sulfide) groups is 1. The normalized spacial score (nSPS) is 17.6. The van der Waals surface area contributed by atoms with Crippen LogP contribution in [0.5, 0.6) is 0 Å². The van der Waals surface area contributed by atoms with Crippen LogP contribution in [0.25, 0.3) is 0 Å². The summed E-state index contributed by atoms with van der Waals surface area (Å²) < 4.78 is 0. The Morgan fingerprint density at radius 2 is 2.07 bits per heavy atom. The lowest BCUT2D eigenvalue weighted by atomic mass is 9.80. The Hall–Kier alpha value is -2.52. The topological polar surface area (TPSA) is 76.0 Å². The standard InChI is InChI=1S/C21H23NO4S/c1-4-6-17(22-26-11-5-2)20-18(23)12-16(13-19(20)24)14-7-9-15(10-8-14)21(25)27-3/h2,7-10,16,23H,4,6,11-13H2,1,3H3. The fraction of sp³-hybridized carbons (Fsp3) is 0.381. The van der Waals surface area contributed by atoms with E-state index in [1.54, 1.807) is 18.4 Å². The first-order chi connectivity index (χ1) is 13.0. The van der Waals surface area contributed by atoms with Crippen LogP contribution >= 0.6 is 11.8 Å². The minimum Gasteiger partial charge on any atom is -0.511 e. The Balaban J connectivity index is 2.23. The van der Waals surface area contributed by atoms with Gasteiger partial charge in [0, 0.05) is 18.4 Å². The Bertz CT molecular complexity index is 802. The van der Waals surface area contributed by atoms with E-state index in [4.69, 9.17) is 11.3 Å². The van der Waals surface area contributed by atoms with Crippen LogP contribution in [0.1, 0.15) is 54.4 Å². The summed E-state index contributed by atoms with van der Waals surface area (Å²) in [6, 6.07) is 7.20. The molecule has 27 heavy (non-hydrogen) atoms. The summed E-state index contributed by atoms with van der Waals surface area (Å²) in [6.45, 7) is 1.97. The van der Waals surface area contributed by atoms with Crippen molar-refractivity contribution in [1.82, 2.24) is 0 Å². The van der Waals surface area contributed by atoms with Gasteiger partial charge in [-0.3, -0.25) is 9.59 Å². The van der Waals surface area contributed by atoms with Crippen molar-refractivity contribution < 1.29 is 19.5 Å². The molecule has 0 fully saturated rings. The molecule has 0 bridgehead atoms. The van der Waals surface area contributed by atoms with Gasteiger partial charge in [0.1, 0.15) is 5.76 Å². The summed E-state index contributed by atoms with van der Waals surface area (Å²) in [5.41, 5.74) is 2.23. The number of oxime groups is 1. The zero-order valence-corrected chi connectivity index (χ0v) is 16.3. The quantitative estimate of drug-likeness (QED) is 0.329. The predicted molar refractivity (Wildman–Crippen MR) is 108 cm³/mol. The Labute approximate surface area is 163 Å². The third kappa shape index (κ3) is 5.24. The van der Waals surface area contributed by atoms with Gasteiger partial charge in [-0.15, -0.1) is 6.42 Å². The van der Waals surface area contributed by atoms with Gasteiger partial charge in [-0.1, -0.05) is 60.4 Å². The molecule has 0 amide bonds. The van der Waals surface area contributed by atoms with Crippen molar-refractivity contribution in [3.63, 3.8) is 0 Å². The zero-order chi connectivity index (χ0) is 19.8. The number of ketones is 1. The number of rotatable bonds is 7. The van der Waals surface area contributed by atoms with Gasteiger partial charge in [-0.2, -0.15) is 0 Å². The number of terminal acetylenes is 1. The Morgan fingerprint density at radius 3 is 2.63 bits per heavy atom. The molecule has 142 valence electrons. The summed E-state index contributed by atoms with van der Waals surface area (Å²) in [6.07, 6.45) is 8.78. The zero-order valence-electron chi connectivity index (χ0n) is 15.5. The van der Waals surface area contributed by atoms with Crippen LogP contribution < -0.4 is 0 Å². The molecule has 2 rings (SSSR count). The van der Waals surface area contributed by atoms with Crippen LogP contribution in [0.2, 0.25) is 0 Å². The first-order valence-electron chi connectivity index (χ1n) is 8.78. The number of aliphatic hydroxyl groups excluding tert-OH is 1. The van der Waals surface area contributed by atoms with Crippen LogP contribution in [-0.2, 0) is 9.63 Å². The molecule has 0 saturated heterocycles. The highest BCUT2D eigenvalue weighted by Gasteiger charge is 2.31. The molecule has 0 spiro atoms. The van der Waals surface area contributed by atoms with Crippen LogP contribution in [0.15, 0.2) is 40.8 Å². The number of carbonyl (C=O) groups excluding carboxylic acids is 2. The minimum atomic E-state index is -0.162. The fourth-order valence-electron chi connectivity index (χ4n) is 3.07. The second-order valence-corrected chi connectivity index (χ2v) is 7.01. The van der Waals surface area contributed by atoms with E-state index in [0.29, 0.717) is 24.1 Å². The van der Waals surface area contributed by atoms with Crippen LogP contribution in [0, 0.1) is 12.3 Å². The smallest absolute Gasteiger partial charge is 0.219 e. The summed E-state index contributed by atoms with van der Waals surface area (Å²) in [5.74, 6) is 2.05. The third-order valence-corrected chi connectivity index (χ3v) is 4.95. The van der Waals surface area contributed by atoms with Crippen molar-refractivity contribution in [3.05, 3.63) is 46.7 Å². The molecule has 1 atom stereocenters. The molecule has 1 aromatic carbocycles. The lowest BCUT2D eigenvalue weighted by molar-refractivity contribution is -0.116. The highest BCUT2D eigenvalue weighted by molar-refractivity contribution is 8.13. The summed E-state index contributed by atoms with van der Waals surface area (Å²) in [4.78, 5) is 29.4. The van der Waals surface area contributed by atoms with Gasteiger partial charge in [-0.25, -0.2) is 0 Å². The summed E-state index contributed by atoms with van der Waals surface area (Å²) >= 11 is 1.16. The van der Waals surface area contributed by atoms with Gasteiger partial charge in [-0.05, 0) is 24.2 Å². The second-order valence-electron chi connectivity index (χ2n) is 6.23. The molecule has 0 aliphatic heterocycles. The highest BCUT2D eigenvalue weighted by atomic mass is 32.2. The number of aliphatic hydroxyl groups is 1. The maximum absolute atomic E-state index is 12.7. The van der Waals surface area contributed by atoms with Crippen LogP contribution in [-0.4, -0.2) is 34.6 Å². The maximum Gasteiger partial charge on any atom is 0.219 e. The van der Waals surface area contributed by atoms with Crippen molar-refractivity contribution in [2.75, 3.05) is 12.9 Å². The SMILES string of the molecule is C#CCON=C(CCC)C1=C(O)CC(c2ccc(C(=O)SC)cc2)CC1=O. The van der Waals surface area contributed by atoms with E-state index in [9.17, 15) is 14.7 Å². The lowest BCUT2D eigenvalue weighted by Gasteiger charge is -2.24.